The number of ether oxygens (including phenoxy) is 2. The molecule has 0 bridgehead atoms. The zero-order valence-corrected chi connectivity index (χ0v) is 25.7. The van der Waals surface area contributed by atoms with Crippen molar-refractivity contribution >= 4 is 51.9 Å². The van der Waals surface area contributed by atoms with Gasteiger partial charge in [0.05, 0.1) is 27.7 Å². The van der Waals surface area contributed by atoms with Crippen LogP contribution in [-0.2, 0) is 11.3 Å². The molecule has 7 nitrogen and oxygen atoms in total. The lowest BCUT2D eigenvalue weighted by Crippen LogP contribution is -2.02. The van der Waals surface area contributed by atoms with E-state index >= 15 is 0 Å². The van der Waals surface area contributed by atoms with Crippen molar-refractivity contribution in [3.63, 3.8) is 0 Å². The van der Waals surface area contributed by atoms with E-state index in [1.807, 2.05) is 13.8 Å². The molecule has 0 spiro atoms. The smallest absolute Gasteiger partial charge is 0.341 e. The van der Waals surface area contributed by atoms with Crippen LogP contribution >= 0.6 is 34.8 Å². The average molecular weight is 636 g/mol. The Morgan fingerprint density at radius 3 is 2.49 bits per heavy atom. The number of rotatable bonds is 7. The van der Waals surface area contributed by atoms with E-state index in [0.29, 0.717) is 66.1 Å². The maximum absolute atomic E-state index is 12.5. The summed E-state index contributed by atoms with van der Waals surface area (Å²) < 4.78 is 22.7. The zero-order valence-electron chi connectivity index (χ0n) is 23.5. The Balaban J connectivity index is 1.25. The molecule has 3 aromatic carbocycles. The maximum atomic E-state index is 12.5. The highest BCUT2D eigenvalue weighted by molar-refractivity contribution is 6.39. The summed E-state index contributed by atoms with van der Waals surface area (Å²) in [4.78, 5) is 17.0. The van der Waals surface area contributed by atoms with Gasteiger partial charge in [-0.2, -0.15) is 0 Å². The fourth-order valence-electron chi connectivity index (χ4n) is 4.66. The van der Waals surface area contributed by atoms with Crippen LogP contribution in [0.2, 0.25) is 15.1 Å². The van der Waals surface area contributed by atoms with Crippen molar-refractivity contribution in [2.24, 2.45) is 0 Å². The first-order valence-corrected chi connectivity index (χ1v) is 14.8. The average Bonchev–Trinajstić information content (AvgIpc) is 3.60. The standard InChI is InChI=1S/C33H25Cl3N2O5/c1-17(2)32-37-27-14-18(13-22(31(27)42-32)33(39)40-3)7-8-19-11-12-21(15-26(19)36)41-16-23-29(38-43-30(23)20-9-10-20)28-24(34)5-4-6-25(28)35/h4-6,11-15,17,20H,9-10,16H2,1-3H3. The first kappa shape index (κ1) is 29.1. The van der Waals surface area contributed by atoms with Gasteiger partial charge in [0.2, 0.25) is 0 Å². The molecule has 218 valence electrons. The predicted molar refractivity (Wildman–Crippen MR) is 165 cm³/mol. The monoisotopic (exact) mass is 634 g/mol. The second kappa shape index (κ2) is 12.0. The number of esters is 1. The molecule has 43 heavy (non-hydrogen) atoms. The molecule has 2 heterocycles. The summed E-state index contributed by atoms with van der Waals surface area (Å²) in [5.74, 6) is 7.85. The number of aromatic nitrogens is 2. The Bertz CT molecular complexity index is 1910. The summed E-state index contributed by atoms with van der Waals surface area (Å²) in [5, 5.41) is 5.68. The lowest BCUT2D eigenvalue weighted by Gasteiger charge is -2.10. The van der Waals surface area contributed by atoms with Crippen molar-refractivity contribution in [2.75, 3.05) is 7.11 Å². The quantitative estimate of drug-likeness (QED) is 0.130. The number of benzene rings is 3. The minimum atomic E-state index is -0.530. The van der Waals surface area contributed by atoms with Gasteiger partial charge in [-0.1, -0.05) is 71.7 Å². The molecule has 6 rings (SSSR count). The predicted octanol–water partition coefficient (Wildman–Crippen LogP) is 9.21. The fourth-order valence-corrected chi connectivity index (χ4v) is 5.46. The van der Waals surface area contributed by atoms with Gasteiger partial charge in [-0.25, -0.2) is 9.78 Å². The lowest BCUT2D eigenvalue weighted by atomic mass is 10.0. The second-order valence-electron chi connectivity index (χ2n) is 10.5. The van der Waals surface area contributed by atoms with Gasteiger partial charge in [-0.05, 0) is 49.2 Å². The van der Waals surface area contributed by atoms with E-state index in [9.17, 15) is 4.79 Å². The fraction of sp³-hybridized carbons (Fsp3) is 0.242. The third kappa shape index (κ3) is 5.96. The van der Waals surface area contributed by atoms with Crippen molar-refractivity contribution in [1.29, 1.82) is 0 Å². The van der Waals surface area contributed by atoms with Gasteiger partial charge < -0.3 is 18.4 Å². The van der Waals surface area contributed by atoms with E-state index < -0.39 is 5.97 Å². The summed E-state index contributed by atoms with van der Waals surface area (Å²) in [7, 11) is 1.32. The molecule has 0 unspecified atom stereocenters. The highest BCUT2D eigenvalue weighted by Crippen LogP contribution is 2.46. The van der Waals surface area contributed by atoms with Gasteiger partial charge in [-0.15, -0.1) is 0 Å². The summed E-state index contributed by atoms with van der Waals surface area (Å²) in [6, 6.07) is 14.0. The normalized spacial score (nSPS) is 12.8. The molecule has 0 atom stereocenters. The Kier molecular flexibility index (Phi) is 8.11. The lowest BCUT2D eigenvalue weighted by molar-refractivity contribution is 0.0601. The van der Waals surface area contributed by atoms with E-state index in [1.165, 1.54) is 7.11 Å². The Morgan fingerprint density at radius 2 is 1.81 bits per heavy atom. The van der Waals surface area contributed by atoms with E-state index in [4.69, 9.17) is 53.2 Å². The highest BCUT2D eigenvalue weighted by Gasteiger charge is 2.33. The third-order valence-electron chi connectivity index (χ3n) is 7.04. The number of hydrogen-bond acceptors (Lipinski definition) is 7. The molecule has 1 saturated carbocycles. The Hall–Kier alpha value is -3.96. The van der Waals surface area contributed by atoms with Crippen LogP contribution in [-0.4, -0.2) is 23.2 Å². The molecule has 0 aliphatic heterocycles. The van der Waals surface area contributed by atoms with Crippen molar-refractivity contribution in [3.05, 3.63) is 97.5 Å². The number of fused-ring (bicyclic) bond motifs is 1. The Morgan fingerprint density at radius 1 is 1.05 bits per heavy atom. The van der Waals surface area contributed by atoms with E-state index in [2.05, 4.69) is 22.0 Å². The van der Waals surface area contributed by atoms with Crippen LogP contribution in [0.4, 0.5) is 0 Å². The van der Waals surface area contributed by atoms with Crippen LogP contribution < -0.4 is 4.74 Å². The number of nitrogens with zero attached hydrogens (tertiary/aromatic N) is 2. The minimum Gasteiger partial charge on any atom is -0.489 e. The maximum Gasteiger partial charge on any atom is 0.341 e. The van der Waals surface area contributed by atoms with Gasteiger partial charge in [0.25, 0.3) is 0 Å². The first-order valence-electron chi connectivity index (χ1n) is 13.6. The van der Waals surface area contributed by atoms with Crippen LogP contribution in [0.3, 0.4) is 0 Å². The van der Waals surface area contributed by atoms with Gasteiger partial charge in [0, 0.05) is 34.6 Å². The van der Waals surface area contributed by atoms with Gasteiger partial charge in [-0.3, -0.25) is 0 Å². The van der Waals surface area contributed by atoms with Crippen LogP contribution in [0.15, 0.2) is 57.5 Å². The molecule has 0 saturated heterocycles. The number of halogens is 3. The molecule has 0 N–H and O–H groups in total. The minimum absolute atomic E-state index is 0.0533. The Labute approximate surface area is 263 Å². The van der Waals surface area contributed by atoms with Crippen molar-refractivity contribution < 1.29 is 23.2 Å². The largest absolute Gasteiger partial charge is 0.489 e. The molecule has 1 aliphatic carbocycles. The molecule has 1 fully saturated rings. The number of carbonyl (C=O) groups excluding carboxylic acids is 1. The SMILES string of the molecule is COC(=O)c1cc(C#Cc2ccc(OCc3c(-c4c(Cl)cccc4Cl)noc3C3CC3)cc2Cl)cc2nc(C(C)C)oc12. The summed E-state index contributed by atoms with van der Waals surface area (Å²) in [6.07, 6.45) is 2.06. The first-order chi connectivity index (χ1) is 20.7. The van der Waals surface area contributed by atoms with Crippen LogP contribution in [0.1, 0.15) is 77.2 Å². The molecule has 5 aromatic rings. The molecular weight excluding hydrogens is 611 g/mol. The van der Waals surface area contributed by atoms with E-state index in [1.54, 1.807) is 48.5 Å². The number of methoxy groups -OCH3 is 1. The molecule has 10 heteroatoms. The molecule has 2 aromatic heterocycles. The van der Waals surface area contributed by atoms with Gasteiger partial charge in [0.15, 0.2) is 11.5 Å². The van der Waals surface area contributed by atoms with Crippen LogP contribution in [0.25, 0.3) is 22.4 Å². The van der Waals surface area contributed by atoms with Crippen molar-refractivity contribution in [1.82, 2.24) is 10.1 Å². The second-order valence-corrected chi connectivity index (χ2v) is 11.7. The molecular formula is C33H25Cl3N2O5. The van der Waals surface area contributed by atoms with Crippen LogP contribution in [0, 0.1) is 11.8 Å². The number of hydrogen-bond donors (Lipinski definition) is 0. The summed E-state index contributed by atoms with van der Waals surface area (Å²) >= 11 is 19.6. The topological polar surface area (TPSA) is 87.6 Å². The highest BCUT2D eigenvalue weighted by atomic mass is 35.5. The van der Waals surface area contributed by atoms with E-state index in [0.717, 1.165) is 24.2 Å². The summed E-state index contributed by atoms with van der Waals surface area (Å²) in [6.45, 7) is 4.12. The van der Waals surface area contributed by atoms with Crippen molar-refractivity contribution in [3.8, 4) is 28.8 Å². The molecule has 0 radical (unpaired) electrons. The zero-order chi connectivity index (χ0) is 30.2. The number of oxazole rings is 1. The van der Waals surface area contributed by atoms with Crippen LogP contribution in [0.5, 0.6) is 5.75 Å². The van der Waals surface area contributed by atoms with Gasteiger partial charge in [0.1, 0.15) is 34.9 Å². The number of carbonyl (C=O) groups is 1. The summed E-state index contributed by atoms with van der Waals surface area (Å²) in [5.41, 5.74) is 4.31. The molecule has 0 amide bonds. The third-order valence-corrected chi connectivity index (χ3v) is 7.98. The molecule has 1 aliphatic rings. The van der Waals surface area contributed by atoms with E-state index in [-0.39, 0.29) is 18.1 Å². The van der Waals surface area contributed by atoms with Gasteiger partial charge >= 0.3 is 5.97 Å². The van der Waals surface area contributed by atoms with Crippen molar-refractivity contribution in [2.45, 2.75) is 45.1 Å².